The summed E-state index contributed by atoms with van der Waals surface area (Å²) in [4.78, 5) is 10.4. The van der Waals surface area contributed by atoms with E-state index in [0.29, 0.717) is 12.6 Å². The number of carbonyl (C=O) groups is 1. The van der Waals surface area contributed by atoms with E-state index in [9.17, 15) is 4.79 Å². The van der Waals surface area contributed by atoms with E-state index in [4.69, 9.17) is 0 Å². The first-order valence-electron chi connectivity index (χ1n) is 2.79. The molecular formula is C5H12N2O. The third-order valence-corrected chi connectivity index (χ3v) is 1.22. The predicted octanol–water partition coefficient (Wildman–Crippen LogP) is -0.660. The maximum absolute atomic E-state index is 10.4. The highest BCUT2D eigenvalue weighted by molar-refractivity contribution is 5.78. The first-order valence-corrected chi connectivity index (χ1v) is 2.79. The highest BCUT2D eigenvalue weighted by Crippen LogP contribution is 1.82. The summed E-state index contributed by atoms with van der Waals surface area (Å²) < 4.78 is 0. The third-order valence-electron chi connectivity index (χ3n) is 1.22. The van der Waals surface area contributed by atoms with Crippen molar-refractivity contribution in [3.05, 3.63) is 0 Å². The molecule has 48 valence electrons. The van der Waals surface area contributed by atoms with E-state index in [2.05, 4.69) is 10.6 Å². The minimum absolute atomic E-state index is 0. The lowest BCUT2D eigenvalue weighted by Gasteiger charge is -2.19. The predicted molar refractivity (Wildman–Crippen MR) is 32.6 cm³/mol. The van der Waals surface area contributed by atoms with Gasteiger partial charge in [-0.15, -0.1) is 0 Å². The molecule has 3 heteroatoms. The molecule has 1 aliphatic rings. The lowest BCUT2D eigenvalue weighted by molar-refractivity contribution is -0.121. The zero-order chi connectivity index (χ0) is 5.98. The summed E-state index contributed by atoms with van der Waals surface area (Å²) >= 11 is 0. The zero-order valence-electron chi connectivity index (χ0n) is 4.90. The van der Waals surface area contributed by atoms with Crippen LogP contribution in [-0.2, 0) is 4.79 Å². The van der Waals surface area contributed by atoms with Crippen molar-refractivity contribution < 1.29 is 6.22 Å². The SMILES string of the molecule is CC1CNC(=O)CN1.[HH]. The number of nitrogens with one attached hydrogen (secondary N) is 2. The zero-order valence-corrected chi connectivity index (χ0v) is 4.90. The maximum atomic E-state index is 10.4. The molecule has 0 aromatic rings. The Balaban J connectivity index is 0.000000640. The molecule has 0 bridgehead atoms. The van der Waals surface area contributed by atoms with Crippen molar-refractivity contribution in [2.24, 2.45) is 0 Å². The molecule has 1 fully saturated rings. The molecule has 1 aliphatic heterocycles. The first-order chi connectivity index (χ1) is 3.79. The van der Waals surface area contributed by atoms with Gasteiger partial charge in [0.1, 0.15) is 0 Å². The molecular weight excluding hydrogens is 104 g/mol. The summed E-state index contributed by atoms with van der Waals surface area (Å²) in [7, 11) is 0. The first kappa shape index (κ1) is 5.56. The van der Waals surface area contributed by atoms with E-state index < -0.39 is 0 Å². The normalized spacial score (nSPS) is 29.6. The van der Waals surface area contributed by atoms with Gasteiger partial charge in [-0.2, -0.15) is 0 Å². The van der Waals surface area contributed by atoms with E-state index in [-0.39, 0.29) is 7.33 Å². The fourth-order valence-electron chi connectivity index (χ4n) is 0.669. The molecule has 2 N–H and O–H groups in total. The summed E-state index contributed by atoms with van der Waals surface area (Å²) in [6.07, 6.45) is 0. The van der Waals surface area contributed by atoms with Gasteiger partial charge in [0.2, 0.25) is 5.91 Å². The van der Waals surface area contributed by atoms with Crippen molar-refractivity contribution in [1.82, 2.24) is 10.6 Å². The number of carbonyl (C=O) groups excluding carboxylic acids is 1. The number of amides is 1. The molecule has 1 rings (SSSR count). The topological polar surface area (TPSA) is 41.1 Å². The van der Waals surface area contributed by atoms with Crippen LogP contribution in [0.25, 0.3) is 0 Å². The molecule has 0 spiro atoms. The Morgan fingerprint density at radius 2 is 2.62 bits per heavy atom. The van der Waals surface area contributed by atoms with Gasteiger partial charge in [0, 0.05) is 14.0 Å². The van der Waals surface area contributed by atoms with E-state index in [1.807, 2.05) is 6.92 Å². The standard InChI is InChI=1S/C5H10N2O.H2/c1-4-2-7-5(8)3-6-4;/h4,6H,2-3H2,1H3,(H,7,8);1H. The van der Waals surface area contributed by atoms with Gasteiger partial charge in [-0.05, 0) is 6.92 Å². The van der Waals surface area contributed by atoms with Crippen LogP contribution < -0.4 is 10.6 Å². The summed E-state index contributed by atoms with van der Waals surface area (Å²) in [6.45, 7) is 3.28. The van der Waals surface area contributed by atoms with Crippen molar-refractivity contribution in [3.8, 4) is 0 Å². The average molecular weight is 116 g/mol. The van der Waals surface area contributed by atoms with Crippen LogP contribution >= 0.6 is 0 Å². The van der Waals surface area contributed by atoms with Crippen molar-refractivity contribution in [2.75, 3.05) is 13.1 Å². The van der Waals surface area contributed by atoms with Gasteiger partial charge in [0.05, 0.1) is 6.54 Å². The Morgan fingerprint density at radius 3 is 3.00 bits per heavy atom. The van der Waals surface area contributed by atoms with Crippen LogP contribution in [0.3, 0.4) is 0 Å². The lowest BCUT2D eigenvalue weighted by Crippen LogP contribution is -2.50. The number of rotatable bonds is 0. The second-order valence-electron chi connectivity index (χ2n) is 2.09. The Morgan fingerprint density at radius 1 is 1.88 bits per heavy atom. The fourth-order valence-corrected chi connectivity index (χ4v) is 0.669. The molecule has 1 saturated heterocycles. The van der Waals surface area contributed by atoms with E-state index in [1.165, 1.54) is 0 Å². The molecule has 8 heavy (non-hydrogen) atoms. The molecule has 1 unspecified atom stereocenters. The van der Waals surface area contributed by atoms with Gasteiger partial charge in [0.15, 0.2) is 0 Å². The van der Waals surface area contributed by atoms with E-state index >= 15 is 0 Å². The van der Waals surface area contributed by atoms with E-state index in [1.54, 1.807) is 0 Å². The highest BCUT2D eigenvalue weighted by Gasteiger charge is 2.10. The second-order valence-corrected chi connectivity index (χ2v) is 2.09. The van der Waals surface area contributed by atoms with E-state index in [0.717, 1.165) is 6.54 Å². The van der Waals surface area contributed by atoms with Crippen molar-refractivity contribution in [2.45, 2.75) is 13.0 Å². The van der Waals surface area contributed by atoms with Gasteiger partial charge < -0.3 is 10.6 Å². The van der Waals surface area contributed by atoms with Crippen LogP contribution in [0.15, 0.2) is 0 Å². The van der Waals surface area contributed by atoms with Crippen molar-refractivity contribution >= 4 is 5.91 Å². The molecule has 0 aromatic carbocycles. The largest absolute Gasteiger partial charge is 0.353 e. The van der Waals surface area contributed by atoms with Gasteiger partial charge in [-0.1, -0.05) is 0 Å². The van der Waals surface area contributed by atoms with Gasteiger partial charge >= 0.3 is 0 Å². The summed E-state index contributed by atoms with van der Waals surface area (Å²) in [6, 6.07) is 0.438. The second kappa shape index (κ2) is 2.13. The number of hydrogen-bond acceptors (Lipinski definition) is 2. The van der Waals surface area contributed by atoms with Crippen LogP contribution in [0.5, 0.6) is 0 Å². The quantitative estimate of drug-likeness (QED) is 0.441. The molecule has 0 saturated carbocycles. The molecule has 0 radical (unpaired) electrons. The average Bonchev–Trinajstić information content (AvgIpc) is 1.77. The van der Waals surface area contributed by atoms with Crippen LogP contribution in [0.1, 0.15) is 8.35 Å². The molecule has 1 amide bonds. The maximum Gasteiger partial charge on any atom is 0.234 e. The van der Waals surface area contributed by atoms with Crippen LogP contribution in [-0.4, -0.2) is 25.0 Å². The molecule has 1 atom stereocenters. The molecule has 3 nitrogen and oxygen atoms in total. The molecule has 0 aliphatic carbocycles. The fraction of sp³-hybridized carbons (Fsp3) is 0.800. The number of piperazine rings is 1. The Hall–Kier alpha value is -0.570. The summed E-state index contributed by atoms with van der Waals surface area (Å²) in [5.41, 5.74) is 0. The summed E-state index contributed by atoms with van der Waals surface area (Å²) in [5.74, 6) is 0.100. The minimum Gasteiger partial charge on any atom is -0.353 e. The minimum atomic E-state index is 0. The van der Waals surface area contributed by atoms with Crippen LogP contribution in [0, 0.1) is 0 Å². The highest BCUT2D eigenvalue weighted by atomic mass is 16.2. The van der Waals surface area contributed by atoms with Crippen molar-refractivity contribution in [3.63, 3.8) is 0 Å². The van der Waals surface area contributed by atoms with Gasteiger partial charge in [-0.25, -0.2) is 0 Å². The smallest absolute Gasteiger partial charge is 0.234 e. The third kappa shape index (κ3) is 1.20. The summed E-state index contributed by atoms with van der Waals surface area (Å²) in [5, 5.41) is 5.75. The Kier molecular flexibility index (Phi) is 1.48. The Labute approximate surface area is 49.9 Å². The van der Waals surface area contributed by atoms with Gasteiger partial charge in [0.25, 0.3) is 0 Å². The van der Waals surface area contributed by atoms with Crippen LogP contribution in [0.4, 0.5) is 0 Å². The van der Waals surface area contributed by atoms with Gasteiger partial charge in [-0.3, -0.25) is 4.79 Å². The van der Waals surface area contributed by atoms with Crippen molar-refractivity contribution in [1.29, 1.82) is 0 Å². The monoisotopic (exact) mass is 116 g/mol. The Bertz CT molecular complexity index is 97.1. The number of hydrogen-bond donors (Lipinski definition) is 2. The lowest BCUT2D eigenvalue weighted by atomic mass is 10.3. The van der Waals surface area contributed by atoms with Crippen LogP contribution in [0.2, 0.25) is 0 Å². The molecule has 0 aromatic heterocycles. The molecule has 1 heterocycles.